The Morgan fingerprint density at radius 2 is 1.86 bits per heavy atom. The van der Waals surface area contributed by atoms with Crippen molar-refractivity contribution in [2.24, 2.45) is 11.3 Å². The van der Waals surface area contributed by atoms with Crippen LogP contribution in [0, 0.1) is 11.3 Å². The maximum absolute atomic E-state index is 9.90. The molecule has 0 aliphatic rings. The molecule has 0 amide bonds. The number of rotatable bonds is 7. The highest BCUT2D eigenvalue weighted by atomic mass is 35.5. The van der Waals surface area contributed by atoms with E-state index in [1.54, 1.807) is 18.2 Å². The Hall–Kier alpha value is -0.480. The summed E-state index contributed by atoms with van der Waals surface area (Å²) in [7, 11) is 0. The summed E-state index contributed by atoms with van der Waals surface area (Å²) in [5.41, 5.74) is 0.258. The van der Waals surface area contributed by atoms with Crippen molar-refractivity contribution >= 4 is 23.2 Å². The van der Waals surface area contributed by atoms with Crippen LogP contribution in [-0.4, -0.2) is 30.9 Å². The second kappa shape index (κ2) is 8.23. The van der Waals surface area contributed by atoms with E-state index in [1.807, 2.05) is 0 Å². The van der Waals surface area contributed by atoms with E-state index < -0.39 is 6.10 Å². The van der Waals surface area contributed by atoms with Crippen molar-refractivity contribution in [3.05, 3.63) is 28.2 Å². The number of aliphatic hydroxyl groups is 1. The molecule has 2 atom stereocenters. The van der Waals surface area contributed by atoms with Gasteiger partial charge in [-0.25, -0.2) is 0 Å². The lowest BCUT2D eigenvalue weighted by atomic mass is 9.82. The van der Waals surface area contributed by atoms with E-state index in [2.05, 4.69) is 33.0 Å². The highest BCUT2D eigenvalue weighted by Crippen LogP contribution is 2.26. The average Bonchev–Trinajstić information content (AvgIpc) is 2.39. The van der Waals surface area contributed by atoms with Crippen molar-refractivity contribution in [2.75, 3.05) is 19.7 Å². The molecule has 2 N–H and O–H groups in total. The number of aliphatic hydroxyl groups excluding tert-OH is 1. The van der Waals surface area contributed by atoms with Gasteiger partial charge in [0.25, 0.3) is 0 Å². The molecule has 0 saturated heterocycles. The monoisotopic (exact) mass is 333 g/mol. The highest BCUT2D eigenvalue weighted by Gasteiger charge is 2.19. The second-order valence-corrected chi connectivity index (χ2v) is 7.28. The molecule has 0 aromatic heterocycles. The summed E-state index contributed by atoms with van der Waals surface area (Å²) in [6.45, 7) is 10.4. The van der Waals surface area contributed by atoms with Crippen LogP contribution in [0.15, 0.2) is 18.2 Å². The van der Waals surface area contributed by atoms with Crippen molar-refractivity contribution in [3.8, 4) is 5.75 Å². The molecule has 0 aliphatic heterocycles. The Kier molecular flexibility index (Phi) is 7.28. The lowest BCUT2D eigenvalue weighted by Gasteiger charge is -2.27. The molecule has 3 nitrogen and oxygen atoms in total. The number of benzene rings is 1. The first-order valence-corrected chi connectivity index (χ1v) is 7.92. The minimum absolute atomic E-state index is 0.217. The molecule has 1 rings (SSSR count). The fourth-order valence-electron chi connectivity index (χ4n) is 1.59. The van der Waals surface area contributed by atoms with Gasteiger partial charge in [-0.2, -0.15) is 0 Å². The first kappa shape index (κ1) is 18.6. The molecule has 120 valence electrons. The van der Waals surface area contributed by atoms with Gasteiger partial charge in [0.05, 0.1) is 10.0 Å². The molecule has 21 heavy (non-hydrogen) atoms. The summed E-state index contributed by atoms with van der Waals surface area (Å²) in [4.78, 5) is 0. The molecule has 2 unspecified atom stereocenters. The molecule has 0 spiro atoms. The molecule has 0 fully saturated rings. The van der Waals surface area contributed by atoms with Crippen LogP contribution in [0.5, 0.6) is 5.75 Å². The van der Waals surface area contributed by atoms with Crippen LogP contribution in [0.4, 0.5) is 0 Å². The number of nitrogens with one attached hydrogen (secondary N) is 1. The van der Waals surface area contributed by atoms with Crippen molar-refractivity contribution in [2.45, 2.75) is 33.8 Å². The van der Waals surface area contributed by atoms with E-state index in [-0.39, 0.29) is 12.0 Å². The Bertz CT molecular complexity index is 446. The predicted octanol–water partition coefficient (Wildman–Crippen LogP) is 4.00. The van der Waals surface area contributed by atoms with Gasteiger partial charge in [0.15, 0.2) is 0 Å². The lowest BCUT2D eigenvalue weighted by molar-refractivity contribution is 0.103. The van der Waals surface area contributed by atoms with Crippen molar-refractivity contribution in [1.82, 2.24) is 5.32 Å². The van der Waals surface area contributed by atoms with E-state index >= 15 is 0 Å². The molecule has 0 radical (unpaired) electrons. The van der Waals surface area contributed by atoms with Crippen LogP contribution in [0.1, 0.15) is 27.7 Å². The van der Waals surface area contributed by atoms with Crippen LogP contribution in [0.25, 0.3) is 0 Å². The van der Waals surface area contributed by atoms with E-state index in [4.69, 9.17) is 27.9 Å². The van der Waals surface area contributed by atoms with Gasteiger partial charge in [0.2, 0.25) is 0 Å². The largest absolute Gasteiger partial charge is 0.491 e. The smallest absolute Gasteiger partial charge is 0.121 e. The van der Waals surface area contributed by atoms with Crippen LogP contribution in [0.2, 0.25) is 10.0 Å². The SMILES string of the molecule is CC(CNCC(O)COc1ccc(Cl)c(Cl)c1)C(C)(C)C. The predicted molar refractivity (Wildman–Crippen MR) is 89.5 cm³/mol. The van der Waals surface area contributed by atoms with E-state index in [9.17, 15) is 5.11 Å². The Balaban J connectivity index is 2.28. The molecule has 0 heterocycles. The minimum atomic E-state index is -0.563. The summed E-state index contributed by atoms with van der Waals surface area (Å²) >= 11 is 11.7. The number of hydrogen-bond acceptors (Lipinski definition) is 3. The number of halogens is 2. The van der Waals surface area contributed by atoms with Gasteiger partial charge in [-0.3, -0.25) is 0 Å². The third-order valence-corrected chi connectivity index (χ3v) is 4.38. The van der Waals surface area contributed by atoms with Crippen molar-refractivity contribution in [3.63, 3.8) is 0 Å². The van der Waals surface area contributed by atoms with Crippen LogP contribution in [0.3, 0.4) is 0 Å². The summed E-state index contributed by atoms with van der Waals surface area (Å²) in [6.07, 6.45) is -0.563. The number of ether oxygens (including phenoxy) is 1. The Morgan fingerprint density at radius 1 is 1.19 bits per heavy atom. The van der Waals surface area contributed by atoms with Crippen LogP contribution in [-0.2, 0) is 0 Å². The third kappa shape index (κ3) is 6.88. The van der Waals surface area contributed by atoms with E-state index in [0.717, 1.165) is 6.54 Å². The summed E-state index contributed by atoms with van der Waals surface area (Å²) in [6, 6.07) is 5.05. The van der Waals surface area contributed by atoms with Gasteiger partial charge in [-0.05, 0) is 30.0 Å². The maximum atomic E-state index is 9.90. The Labute approximate surface area is 137 Å². The Morgan fingerprint density at radius 3 is 2.43 bits per heavy atom. The summed E-state index contributed by atoms with van der Waals surface area (Å²) in [5.74, 6) is 1.13. The topological polar surface area (TPSA) is 41.5 Å². The van der Waals surface area contributed by atoms with Gasteiger partial charge in [-0.1, -0.05) is 50.9 Å². The standard InChI is InChI=1S/C16H25Cl2NO2/c1-11(16(2,3)4)8-19-9-12(20)10-21-13-5-6-14(17)15(18)7-13/h5-7,11-12,19-20H,8-10H2,1-4H3. The fourth-order valence-corrected chi connectivity index (χ4v) is 1.88. The molecular weight excluding hydrogens is 309 g/mol. The van der Waals surface area contributed by atoms with Gasteiger partial charge < -0.3 is 15.2 Å². The molecular formula is C16H25Cl2NO2. The zero-order chi connectivity index (χ0) is 16.0. The van der Waals surface area contributed by atoms with Crippen molar-refractivity contribution < 1.29 is 9.84 Å². The number of hydrogen-bond donors (Lipinski definition) is 2. The molecule has 0 bridgehead atoms. The average molecular weight is 334 g/mol. The van der Waals surface area contributed by atoms with Gasteiger partial charge >= 0.3 is 0 Å². The third-order valence-electron chi connectivity index (χ3n) is 3.64. The minimum Gasteiger partial charge on any atom is -0.491 e. The lowest BCUT2D eigenvalue weighted by Crippen LogP contribution is -2.36. The van der Waals surface area contributed by atoms with Gasteiger partial charge in [0.1, 0.15) is 18.5 Å². The quantitative estimate of drug-likeness (QED) is 0.792. The highest BCUT2D eigenvalue weighted by molar-refractivity contribution is 6.42. The van der Waals surface area contributed by atoms with Gasteiger partial charge in [-0.15, -0.1) is 0 Å². The second-order valence-electron chi connectivity index (χ2n) is 6.47. The molecule has 0 aliphatic carbocycles. The zero-order valence-corrected chi connectivity index (χ0v) is 14.6. The van der Waals surface area contributed by atoms with Crippen molar-refractivity contribution in [1.29, 1.82) is 0 Å². The molecule has 1 aromatic rings. The molecule has 1 aromatic carbocycles. The normalized spacial score (nSPS) is 14.8. The molecule has 0 saturated carbocycles. The van der Waals surface area contributed by atoms with Gasteiger partial charge in [0, 0.05) is 12.6 Å². The summed E-state index contributed by atoms with van der Waals surface area (Å²) in [5, 5.41) is 14.1. The molecule has 5 heteroatoms. The first-order valence-electron chi connectivity index (χ1n) is 7.16. The fraction of sp³-hybridized carbons (Fsp3) is 0.625. The van der Waals surface area contributed by atoms with Crippen LogP contribution < -0.4 is 10.1 Å². The van der Waals surface area contributed by atoms with Crippen LogP contribution >= 0.6 is 23.2 Å². The van der Waals surface area contributed by atoms with E-state index in [0.29, 0.717) is 28.3 Å². The summed E-state index contributed by atoms with van der Waals surface area (Å²) < 4.78 is 5.50. The van der Waals surface area contributed by atoms with E-state index in [1.165, 1.54) is 0 Å². The first-order chi connectivity index (χ1) is 9.70. The maximum Gasteiger partial charge on any atom is 0.121 e. The zero-order valence-electron chi connectivity index (χ0n) is 13.1.